The van der Waals surface area contributed by atoms with Crippen LogP contribution in [0.3, 0.4) is 0 Å². The van der Waals surface area contributed by atoms with Gasteiger partial charge < -0.3 is 10.2 Å². The molecule has 1 aromatic carbocycles. The summed E-state index contributed by atoms with van der Waals surface area (Å²) in [6, 6.07) is 5.90. The van der Waals surface area contributed by atoms with Crippen molar-refractivity contribution < 1.29 is 9.18 Å². The van der Waals surface area contributed by atoms with Gasteiger partial charge in [-0.3, -0.25) is 4.79 Å². The Labute approximate surface area is 105 Å². The molecule has 17 heavy (non-hydrogen) atoms. The van der Waals surface area contributed by atoms with Crippen LogP contribution in [0, 0.1) is 5.82 Å². The Hall–Kier alpha value is -1.07. The molecule has 0 aliphatic carbocycles. The van der Waals surface area contributed by atoms with Gasteiger partial charge in [0.15, 0.2) is 0 Å². The van der Waals surface area contributed by atoms with Gasteiger partial charge >= 0.3 is 0 Å². The van der Waals surface area contributed by atoms with Crippen LogP contribution >= 0.6 is 11.8 Å². The zero-order valence-corrected chi connectivity index (χ0v) is 10.9. The molecule has 0 aliphatic heterocycles. The van der Waals surface area contributed by atoms with Crippen molar-refractivity contribution in [1.82, 2.24) is 4.90 Å². The van der Waals surface area contributed by atoms with E-state index in [0.29, 0.717) is 11.4 Å². The highest BCUT2D eigenvalue weighted by Crippen LogP contribution is 2.10. The molecule has 0 radical (unpaired) electrons. The zero-order chi connectivity index (χ0) is 12.7. The van der Waals surface area contributed by atoms with Crippen LogP contribution in [0.5, 0.6) is 0 Å². The van der Waals surface area contributed by atoms with Gasteiger partial charge in [-0.05, 0) is 32.3 Å². The summed E-state index contributed by atoms with van der Waals surface area (Å²) < 4.78 is 12.9. The third-order valence-corrected chi connectivity index (χ3v) is 2.96. The highest BCUT2D eigenvalue weighted by atomic mass is 32.2. The standard InChI is InChI=1S/C12H17FN2OS/c1-15(2)6-7-17-9-12(16)14-11-5-3-4-10(13)8-11/h3-5,8H,6-7,9H2,1-2H3,(H,14,16). The molecule has 0 aromatic heterocycles. The molecule has 1 aromatic rings. The number of benzene rings is 1. The lowest BCUT2D eigenvalue weighted by molar-refractivity contribution is -0.113. The predicted octanol–water partition coefficient (Wildman–Crippen LogP) is 2.06. The molecule has 0 unspecified atom stereocenters. The minimum atomic E-state index is -0.344. The second-order valence-corrected chi connectivity index (χ2v) is 5.02. The molecular weight excluding hydrogens is 239 g/mol. The predicted molar refractivity (Wildman–Crippen MR) is 70.9 cm³/mol. The van der Waals surface area contributed by atoms with Crippen molar-refractivity contribution in [3.63, 3.8) is 0 Å². The summed E-state index contributed by atoms with van der Waals surface area (Å²) in [5, 5.41) is 2.66. The Morgan fingerprint density at radius 2 is 2.24 bits per heavy atom. The molecule has 0 atom stereocenters. The molecule has 1 amide bonds. The van der Waals surface area contributed by atoms with E-state index in [4.69, 9.17) is 0 Å². The number of carbonyl (C=O) groups excluding carboxylic acids is 1. The zero-order valence-electron chi connectivity index (χ0n) is 10.1. The SMILES string of the molecule is CN(C)CCSCC(=O)Nc1cccc(F)c1. The summed E-state index contributed by atoms with van der Waals surface area (Å²) in [7, 11) is 3.99. The Kier molecular flexibility index (Phi) is 6.00. The van der Waals surface area contributed by atoms with E-state index in [1.165, 1.54) is 12.1 Å². The van der Waals surface area contributed by atoms with E-state index in [2.05, 4.69) is 10.2 Å². The fourth-order valence-corrected chi connectivity index (χ4v) is 2.07. The van der Waals surface area contributed by atoms with Crippen molar-refractivity contribution in [2.45, 2.75) is 0 Å². The van der Waals surface area contributed by atoms with Crippen molar-refractivity contribution in [3.05, 3.63) is 30.1 Å². The maximum Gasteiger partial charge on any atom is 0.234 e. The first kappa shape index (κ1) is 14.0. The van der Waals surface area contributed by atoms with Gasteiger partial charge in [-0.25, -0.2) is 4.39 Å². The van der Waals surface area contributed by atoms with Gasteiger partial charge in [0.05, 0.1) is 5.75 Å². The van der Waals surface area contributed by atoms with Crippen LogP contribution in [-0.2, 0) is 4.79 Å². The summed E-state index contributed by atoms with van der Waals surface area (Å²) in [5.41, 5.74) is 0.503. The van der Waals surface area contributed by atoms with Crippen LogP contribution in [0.15, 0.2) is 24.3 Å². The average Bonchev–Trinajstić information content (AvgIpc) is 2.24. The lowest BCUT2D eigenvalue weighted by Gasteiger charge is -2.09. The van der Waals surface area contributed by atoms with Crippen LogP contribution in [0.2, 0.25) is 0 Å². The second-order valence-electron chi connectivity index (χ2n) is 3.91. The first-order valence-electron chi connectivity index (χ1n) is 5.36. The number of hydrogen-bond acceptors (Lipinski definition) is 3. The number of thioether (sulfide) groups is 1. The minimum Gasteiger partial charge on any atom is -0.325 e. The molecule has 0 saturated carbocycles. The molecule has 0 fully saturated rings. The highest BCUT2D eigenvalue weighted by Gasteiger charge is 2.03. The number of amides is 1. The van der Waals surface area contributed by atoms with Crippen molar-refractivity contribution in [3.8, 4) is 0 Å². The molecule has 0 spiro atoms. The van der Waals surface area contributed by atoms with E-state index < -0.39 is 0 Å². The first-order valence-corrected chi connectivity index (χ1v) is 6.51. The van der Waals surface area contributed by atoms with E-state index in [9.17, 15) is 9.18 Å². The molecular formula is C12H17FN2OS. The van der Waals surface area contributed by atoms with Crippen LogP contribution in [-0.4, -0.2) is 43.0 Å². The number of nitrogens with one attached hydrogen (secondary N) is 1. The quantitative estimate of drug-likeness (QED) is 0.791. The molecule has 1 N–H and O–H groups in total. The topological polar surface area (TPSA) is 32.3 Å². The molecule has 94 valence electrons. The van der Waals surface area contributed by atoms with Gasteiger partial charge in [-0.1, -0.05) is 6.07 Å². The summed E-state index contributed by atoms with van der Waals surface area (Å²) >= 11 is 1.57. The Bertz CT molecular complexity index is 371. The van der Waals surface area contributed by atoms with E-state index in [1.54, 1.807) is 23.9 Å². The normalized spacial score (nSPS) is 10.6. The van der Waals surface area contributed by atoms with Gasteiger partial charge in [0, 0.05) is 18.0 Å². The van der Waals surface area contributed by atoms with Gasteiger partial charge in [-0.2, -0.15) is 11.8 Å². The summed E-state index contributed by atoms with van der Waals surface area (Å²) in [6.45, 7) is 0.942. The van der Waals surface area contributed by atoms with Crippen molar-refractivity contribution in [2.75, 3.05) is 37.5 Å². The van der Waals surface area contributed by atoms with E-state index >= 15 is 0 Å². The smallest absolute Gasteiger partial charge is 0.234 e. The Morgan fingerprint density at radius 3 is 2.88 bits per heavy atom. The number of carbonyl (C=O) groups is 1. The van der Waals surface area contributed by atoms with Crippen LogP contribution in [0.1, 0.15) is 0 Å². The van der Waals surface area contributed by atoms with Gasteiger partial charge in [-0.15, -0.1) is 0 Å². The van der Waals surface area contributed by atoms with Gasteiger partial charge in [0.2, 0.25) is 5.91 Å². The second kappa shape index (κ2) is 7.29. The molecule has 1 rings (SSSR count). The lowest BCUT2D eigenvalue weighted by atomic mass is 10.3. The number of halogens is 1. The highest BCUT2D eigenvalue weighted by molar-refractivity contribution is 7.99. The van der Waals surface area contributed by atoms with Gasteiger partial charge in [0.25, 0.3) is 0 Å². The van der Waals surface area contributed by atoms with Crippen LogP contribution in [0.25, 0.3) is 0 Å². The minimum absolute atomic E-state index is 0.0978. The number of hydrogen-bond donors (Lipinski definition) is 1. The van der Waals surface area contributed by atoms with Gasteiger partial charge in [0.1, 0.15) is 5.82 Å². The largest absolute Gasteiger partial charge is 0.325 e. The summed E-state index contributed by atoms with van der Waals surface area (Å²) in [4.78, 5) is 13.6. The fraction of sp³-hybridized carbons (Fsp3) is 0.417. The average molecular weight is 256 g/mol. The molecule has 0 saturated heterocycles. The maximum absolute atomic E-state index is 12.9. The fourth-order valence-electron chi connectivity index (χ4n) is 1.18. The third-order valence-electron chi connectivity index (χ3n) is 2.02. The molecule has 0 bridgehead atoms. The maximum atomic E-state index is 12.9. The summed E-state index contributed by atoms with van der Waals surface area (Å²) in [6.07, 6.45) is 0. The van der Waals surface area contributed by atoms with Crippen LogP contribution < -0.4 is 5.32 Å². The third kappa shape index (κ3) is 6.28. The molecule has 0 aliphatic rings. The van der Waals surface area contributed by atoms with E-state index in [-0.39, 0.29) is 11.7 Å². The van der Waals surface area contributed by atoms with E-state index in [1.807, 2.05) is 14.1 Å². The monoisotopic (exact) mass is 256 g/mol. The number of nitrogens with zero attached hydrogens (tertiary/aromatic N) is 1. The Balaban J connectivity index is 2.25. The molecule has 5 heteroatoms. The number of anilines is 1. The Morgan fingerprint density at radius 1 is 1.47 bits per heavy atom. The molecule has 0 heterocycles. The lowest BCUT2D eigenvalue weighted by Crippen LogP contribution is -2.18. The van der Waals surface area contributed by atoms with E-state index in [0.717, 1.165) is 12.3 Å². The van der Waals surface area contributed by atoms with Crippen molar-refractivity contribution in [1.29, 1.82) is 0 Å². The first-order chi connectivity index (χ1) is 8.08. The van der Waals surface area contributed by atoms with Crippen molar-refractivity contribution >= 4 is 23.4 Å². The van der Waals surface area contributed by atoms with Crippen LogP contribution in [0.4, 0.5) is 10.1 Å². The van der Waals surface area contributed by atoms with Crippen molar-refractivity contribution in [2.24, 2.45) is 0 Å². The molecule has 3 nitrogen and oxygen atoms in total. The summed E-state index contributed by atoms with van der Waals surface area (Å²) in [5.74, 6) is 0.857. The number of rotatable bonds is 6.